The highest BCUT2D eigenvalue weighted by atomic mass is 16.5. The molecule has 3 aromatic rings. The van der Waals surface area contributed by atoms with E-state index in [9.17, 15) is 4.79 Å². The zero-order chi connectivity index (χ0) is 20.2. The van der Waals surface area contributed by atoms with Gasteiger partial charge >= 0.3 is 0 Å². The van der Waals surface area contributed by atoms with Gasteiger partial charge in [-0.15, -0.1) is 0 Å². The van der Waals surface area contributed by atoms with Crippen LogP contribution in [0, 0.1) is 5.92 Å². The van der Waals surface area contributed by atoms with Crippen LogP contribution in [0.25, 0.3) is 11.3 Å². The summed E-state index contributed by atoms with van der Waals surface area (Å²) in [5, 5.41) is 4.80. The standard InChI is InChI=1S/C24H27N3O2/c1-3-26(15-19-12-13-19)24(28)22-17-27(16-18-8-5-4-6-9-18)25-23(22)20-10-7-11-21(14-20)29-2/h4-11,14,17,19H,3,12-13,15-16H2,1-2H3. The number of carbonyl (C=O) groups excluding carboxylic acids is 1. The first-order valence-electron chi connectivity index (χ1n) is 10.2. The third kappa shape index (κ3) is 4.50. The fourth-order valence-corrected chi connectivity index (χ4v) is 3.55. The Balaban J connectivity index is 1.71. The second-order valence-electron chi connectivity index (χ2n) is 7.59. The molecule has 1 fully saturated rings. The molecule has 0 aliphatic heterocycles. The van der Waals surface area contributed by atoms with Crippen LogP contribution in [0.2, 0.25) is 0 Å². The second-order valence-corrected chi connectivity index (χ2v) is 7.59. The van der Waals surface area contributed by atoms with E-state index in [0.717, 1.165) is 23.4 Å². The third-order valence-corrected chi connectivity index (χ3v) is 5.37. The minimum absolute atomic E-state index is 0.0523. The SMILES string of the molecule is CCN(CC1CC1)C(=O)c1cn(Cc2ccccc2)nc1-c1cccc(OC)c1. The molecular weight excluding hydrogens is 362 g/mol. The molecule has 0 unspecified atom stereocenters. The molecule has 5 heteroatoms. The lowest BCUT2D eigenvalue weighted by Crippen LogP contribution is -2.32. The predicted molar refractivity (Wildman–Crippen MR) is 114 cm³/mol. The largest absolute Gasteiger partial charge is 0.497 e. The monoisotopic (exact) mass is 389 g/mol. The molecule has 0 saturated heterocycles. The van der Waals surface area contributed by atoms with Crippen LogP contribution in [-0.2, 0) is 6.54 Å². The van der Waals surface area contributed by atoms with Crippen molar-refractivity contribution in [3.63, 3.8) is 0 Å². The van der Waals surface area contributed by atoms with E-state index >= 15 is 0 Å². The van der Waals surface area contributed by atoms with Gasteiger partial charge in [0, 0.05) is 24.8 Å². The number of carbonyl (C=O) groups is 1. The Morgan fingerprint density at radius 1 is 1.17 bits per heavy atom. The molecule has 1 amide bonds. The maximum Gasteiger partial charge on any atom is 0.257 e. The Bertz CT molecular complexity index is 977. The topological polar surface area (TPSA) is 47.4 Å². The molecule has 1 aromatic heterocycles. The minimum Gasteiger partial charge on any atom is -0.497 e. The van der Waals surface area contributed by atoms with Gasteiger partial charge in [-0.2, -0.15) is 5.10 Å². The summed E-state index contributed by atoms with van der Waals surface area (Å²) in [6.45, 7) is 4.20. The van der Waals surface area contributed by atoms with Crippen molar-refractivity contribution >= 4 is 5.91 Å². The fourth-order valence-electron chi connectivity index (χ4n) is 3.55. The Morgan fingerprint density at radius 3 is 2.66 bits per heavy atom. The molecule has 5 nitrogen and oxygen atoms in total. The Kier molecular flexibility index (Phi) is 5.65. The number of ether oxygens (including phenoxy) is 1. The minimum atomic E-state index is 0.0523. The predicted octanol–water partition coefficient (Wildman–Crippen LogP) is 4.48. The molecule has 0 N–H and O–H groups in total. The summed E-state index contributed by atoms with van der Waals surface area (Å²) in [5.41, 5.74) is 3.40. The van der Waals surface area contributed by atoms with Crippen molar-refractivity contribution in [2.75, 3.05) is 20.2 Å². The van der Waals surface area contributed by atoms with E-state index < -0.39 is 0 Å². The van der Waals surface area contributed by atoms with Crippen molar-refractivity contribution in [2.24, 2.45) is 5.92 Å². The Morgan fingerprint density at radius 2 is 1.97 bits per heavy atom. The number of nitrogens with zero attached hydrogens (tertiary/aromatic N) is 3. The van der Waals surface area contributed by atoms with Crippen molar-refractivity contribution in [1.29, 1.82) is 0 Å². The van der Waals surface area contributed by atoms with Gasteiger partial charge in [-0.25, -0.2) is 0 Å². The molecule has 4 rings (SSSR count). The van der Waals surface area contributed by atoms with Crippen LogP contribution in [0.15, 0.2) is 60.8 Å². The quantitative estimate of drug-likeness (QED) is 0.571. The van der Waals surface area contributed by atoms with Crippen molar-refractivity contribution in [1.82, 2.24) is 14.7 Å². The molecule has 0 spiro atoms. The number of hydrogen-bond acceptors (Lipinski definition) is 3. The summed E-state index contributed by atoms with van der Waals surface area (Å²) in [4.78, 5) is 15.3. The van der Waals surface area contributed by atoms with Gasteiger partial charge in [0.1, 0.15) is 11.4 Å². The van der Waals surface area contributed by atoms with E-state index in [1.807, 2.05) is 65.2 Å². The zero-order valence-corrected chi connectivity index (χ0v) is 17.0. The zero-order valence-electron chi connectivity index (χ0n) is 17.0. The van der Waals surface area contributed by atoms with Gasteiger partial charge in [0.15, 0.2) is 0 Å². The Labute approximate surface area is 171 Å². The lowest BCUT2D eigenvalue weighted by molar-refractivity contribution is 0.0757. The molecule has 1 aliphatic carbocycles. The molecule has 29 heavy (non-hydrogen) atoms. The van der Waals surface area contributed by atoms with Gasteiger partial charge in [0.2, 0.25) is 0 Å². The first-order valence-corrected chi connectivity index (χ1v) is 10.2. The van der Waals surface area contributed by atoms with Gasteiger partial charge < -0.3 is 9.64 Å². The van der Waals surface area contributed by atoms with Crippen LogP contribution < -0.4 is 4.74 Å². The van der Waals surface area contributed by atoms with Gasteiger partial charge in [-0.05, 0) is 43.4 Å². The fraction of sp³-hybridized carbons (Fsp3) is 0.333. The highest BCUT2D eigenvalue weighted by Crippen LogP contribution is 2.31. The van der Waals surface area contributed by atoms with E-state index in [0.29, 0.717) is 30.3 Å². The van der Waals surface area contributed by atoms with Crippen LogP contribution in [0.1, 0.15) is 35.7 Å². The molecular formula is C24H27N3O2. The lowest BCUT2D eigenvalue weighted by Gasteiger charge is -2.20. The number of rotatable bonds is 8. The van der Waals surface area contributed by atoms with Crippen LogP contribution >= 0.6 is 0 Å². The van der Waals surface area contributed by atoms with Crippen molar-refractivity contribution in [3.05, 3.63) is 71.9 Å². The second kappa shape index (κ2) is 8.52. The van der Waals surface area contributed by atoms with Crippen molar-refractivity contribution in [2.45, 2.75) is 26.3 Å². The van der Waals surface area contributed by atoms with Crippen LogP contribution in [0.3, 0.4) is 0 Å². The maximum atomic E-state index is 13.4. The smallest absolute Gasteiger partial charge is 0.257 e. The first kappa shape index (κ1) is 19.2. The van der Waals surface area contributed by atoms with Crippen molar-refractivity contribution in [3.8, 4) is 17.0 Å². The molecule has 1 aliphatic rings. The Hall–Kier alpha value is -3.08. The van der Waals surface area contributed by atoms with Gasteiger partial charge in [0.25, 0.3) is 5.91 Å². The number of aromatic nitrogens is 2. The van der Waals surface area contributed by atoms with Gasteiger partial charge in [-0.1, -0.05) is 42.5 Å². The summed E-state index contributed by atoms with van der Waals surface area (Å²) >= 11 is 0. The molecule has 1 saturated carbocycles. The summed E-state index contributed by atoms with van der Waals surface area (Å²) in [6.07, 6.45) is 4.33. The highest BCUT2D eigenvalue weighted by Gasteiger charge is 2.28. The van der Waals surface area contributed by atoms with Crippen LogP contribution in [0.4, 0.5) is 0 Å². The number of methoxy groups -OCH3 is 1. The molecule has 150 valence electrons. The number of amides is 1. The number of hydrogen-bond donors (Lipinski definition) is 0. The summed E-state index contributed by atoms with van der Waals surface area (Å²) in [5.74, 6) is 1.46. The van der Waals surface area contributed by atoms with Gasteiger partial charge in [-0.3, -0.25) is 9.48 Å². The lowest BCUT2D eigenvalue weighted by atomic mass is 10.1. The van der Waals surface area contributed by atoms with E-state index in [1.165, 1.54) is 12.8 Å². The van der Waals surface area contributed by atoms with Crippen molar-refractivity contribution < 1.29 is 9.53 Å². The van der Waals surface area contributed by atoms with E-state index in [1.54, 1.807) is 7.11 Å². The van der Waals surface area contributed by atoms with Crippen LogP contribution in [-0.4, -0.2) is 40.8 Å². The molecule has 0 atom stereocenters. The average Bonchev–Trinajstić information content (AvgIpc) is 3.49. The van der Waals surface area contributed by atoms with E-state index in [-0.39, 0.29) is 5.91 Å². The first-order chi connectivity index (χ1) is 14.2. The molecule has 2 aromatic carbocycles. The molecule has 0 radical (unpaired) electrons. The normalized spacial score (nSPS) is 13.3. The van der Waals surface area contributed by atoms with Crippen LogP contribution in [0.5, 0.6) is 5.75 Å². The van der Waals surface area contributed by atoms with E-state index in [2.05, 4.69) is 12.1 Å². The maximum absolute atomic E-state index is 13.4. The third-order valence-electron chi connectivity index (χ3n) is 5.37. The molecule has 1 heterocycles. The summed E-state index contributed by atoms with van der Waals surface area (Å²) < 4.78 is 7.24. The summed E-state index contributed by atoms with van der Waals surface area (Å²) in [6, 6.07) is 17.9. The average molecular weight is 389 g/mol. The van der Waals surface area contributed by atoms with Gasteiger partial charge in [0.05, 0.1) is 19.2 Å². The highest BCUT2D eigenvalue weighted by molar-refractivity contribution is 6.00. The summed E-state index contributed by atoms with van der Waals surface area (Å²) in [7, 11) is 1.65. The van der Waals surface area contributed by atoms with E-state index in [4.69, 9.17) is 9.84 Å². The molecule has 0 bridgehead atoms. The number of benzene rings is 2.